The van der Waals surface area contributed by atoms with Crippen LogP contribution in [0.5, 0.6) is 0 Å². The number of thioether (sulfide) groups is 1. The van der Waals surface area contributed by atoms with Crippen molar-refractivity contribution < 1.29 is 13.2 Å². The zero-order chi connectivity index (χ0) is 13.6. The van der Waals surface area contributed by atoms with E-state index in [0.717, 1.165) is 18.1 Å². The summed E-state index contributed by atoms with van der Waals surface area (Å²) in [5.74, 6) is 0.656. The Bertz CT molecular complexity index is 277. The first-order chi connectivity index (χ1) is 8.37. The Kier molecular flexibility index (Phi) is 6.32. The third kappa shape index (κ3) is 7.13. The molecule has 1 N–H and O–H groups in total. The standard InChI is InChI=1S/C12H21F3N2S/c1-9(2)7-10-8-17-11(18-10)16-6-4-3-5-12(13,14)15/h9-10H,3-8H2,1-2H3,(H,16,17). The van der Waals surface area contributed by atoms with Crippen molar-refractivity contribution in [2.24, 2.45) is 10.9 Å². The van der Waals surface area contributed by atoms with Gasteiger partial charge >= 0.3 is 6.18 Å². The Morgan fingerprint density at radius 2 is 2.11 bits per heavy atom. The maximum atomic E-state index is 11.9. The lowest BCUT2D eigenvalue weighted by Crippen LogP contribution is -2.21. The van der Waals surface area contributed by atoms with Crippen molar-refractivity contribution in [3.8, 4) is 0 Å². The van der Waals surface area contributed by atoms with E-state index in [1.165, 1.54) is 0 Å². The fourth-order valence-electron chi connectivity index (χ4n) is 1.81. The number of hydrogen-bond acceptors (Lipinski definition) is 3. The van der Waals surface area contributed by atoms with Crippen LogP contribution in [0, 0.1) is 5.92 Å². The Morgan fingerprint density at radius 3 is 2.72 bits per heavy atom. The predicted molar refractivity (Wildman–Crippen MR) is 71.0 cm³/mol. The van der Waals surface area contributed by atoms with Gasteiger partial charge in [-0.2, -0.15) is 13.2 Å². The first-order valence-corrected chi connectivity index (χ1v) is 7.26. The molecule has 1 aliphatic heterocycles. The van der Waals surface area contributed by atoms with E-state index in [2.05, 4.69) is 24.2 Å². The molecule has 1 aliphatic rings. The Morgan fingerprint density at radius 1 is 1.39 bits per heavy atom. The molecule has 0 saturated heterocycles. The Hall–Kier alpha value is -0.390. The third-order valence-corrected chi connectivity index (χ3v) is 3.79. The van der Waals surface area contributed by atoms with Gasteiger partial charge in [0.05, 0.1) is 6.54 Å². The van der Waals surface area contributed by atoms with Crippen LogP contribution >= 0.6 is 11.8 Å². The number of hydrogen-bond donors (Lipinski definition) is 1. The molecule has 0 aromatic heterocycles. The molecule has 0 spiro atoms. The van der Waals surface area contributed by atoms with Crippen molar-refractivity contribution in [1.82, 2.24) is 5.32 Å². The minimum absolute atomic E-state index is 0.184. The lowest BCUT2D eigenvalue weighted by atomic mass is 10.1. The zero-order valence-corrected chi connectivity index (χ0v) is 11.7. The van der Waals surface area contributed by atoms with Gasteiger partial charge in [-0.15, -0.1) is 0 Å². The predicted octanol–water partition coefficient (Wildman–Crippen LogP) is 3.83. The van der Waals surface area contributed by atoms with Gasteiger partial charge in [-0.1, -0.05) is 25.6 Å². The molecule has 6 heteroatoms. The van der Waals surface area contributed by atoms with E-state index in [9.17, 15) is 13.2 Å². The SMILES string of the molecule is CC(C)CC1CN=C(NCCCCC(F)(F)F)S1. The van der Waals surface area contributed by atoms with E-state index in [1.807, 2.05) is 0 Å². The highest BCUT2D eigenvalue weighted by Gasteiger charge is 2.26. The minimum Gasteiger partial charge on any atom is -0.365 e. The maximum Gasteiger partial charge on any atom is 0.389 e. The van der Waals surface area contributed by atoms with Crippen LogP contribution in [0.1, 0.15) is 39.5 Å². The summed E-state index contributed by atoms with van der Waals surface area (Å²) in [4.78, 5) is 4.36. The monoisotopic (exact) mass is 282 g/mol. The number of nitrogens with one attached hydrogen (secondary N) is 1. The van der Waals surface area contributed by atoms with Crippen LogP contribution < -0.4 is 5.32 Å². The average molecular weight is 282 g/mol. The number of alkyl halides is 3. The molecule has 18 heavy (non-hydrogen) atoms. The summed E-state index contributed by atoms with van der Waals surface area (Å²) in [5, 5.41) is 4.54. The smallest absolute Gasteiger partial charge is 0.365 e. The summed E-state index contributed by atoms with van der Waals surface area (Å²) in [6.07, 6.45) is -2.86. The normalized spacial score (nSPS) is 20.3. The first kappa shape index (κ1) is 15.7. The highest BCUT2D eigenvalue weighted by atomic mass is 32.2. The van der Waals surface area contributed by atoms with Crippen LogP contribution in [0.4, 0.5) is 13.2 Å². The van der Waals surface area contributed by atoms with Gasteiger partial charge in [-0.25, -0.2) is 0 Å². The molecular formula is C12H21F3N2S. The molecule has 0 bridgehead atoms. The number of unbranched alkanes of at least 4 members (excludes halogenated alkanes) is 1. The molecule has 1 heterocycles. The van der Waals surface area contributed by atoms with Crippen LogP contribution in [0.15, 0.2) is 4.99 Å². The molecule has 0 fully saturated rings. The molecule has 0 amide bonds. The molecule has 0 saturated carbocycles. The van der Waals surface area contributed by atoms with Gasteiger partial charge in [0.1, 0.15) is 0 Å². The first-order valence-electron chi connectivity index (χ1n) is 6.38. The summed E-state index contributed by atoms with van der Waals surface area (Å²) >= 11 is 1.72. The maximum absolute atomic E-state index is 11.9. The Balaban J connectivity index is 2.04. The number of halogens is 3. The van der Waals surface area contributed by atoms with E-state index in [-0.39, 0.29) is 6.42 Å². The molecule has 0 aliphatic carbocycles. The Labute approximate surface area is 111 Å². The van der Waals surface area contributed by atoms with Gasteiger partial charge in [-0.3, -0.25) is 4.99 Å². The highest BCUT2D eigenvalue weighted by molar-refractivity contribution is 8.14. The summed E-state index contributed by atoms with van der Waals surface area (Å²) in [7, 11) is 0. The topological polar surface area (TPSA) is 24.4 Å². The highest BCUT2D eigenvalue weighted by Crippen LogP contribution is 2.25. The van der Waals surface area contributed by atoms with Crippen LogP contribution in [0.25, 0.3) is 0 Å². The largest absolute Gasteiger partial charge is 0.389 e. The summed E-state index contributed by atoms with van der Waals surface area (Å²) in [5.41, 5.74) is 0. The zero-order valence-electron chi connectivity index (χ0n) is 10.9. The van der Waals surface area contributed by atoms with Crippen molar-refractivity contribution in [2.45, 2.75) is 51.0 Å². The number of nitrogens with zero attached hydrogens (tertiary/aromatic N) is 1. The van der Waals surface area contributed by atoms with Gasteiger partial charge in [0.25, 0.3) is 0 Å². The second kappa shape index (κ2) is 7.26. The number of amidine groups is 1. The van der Waals surface area contributed by atoms with Crippen LogP contribution in [-0.2, 0) is 0 Å². The van der Waals surface area contributed by atoms with Crippen LogP contribution in [0.3, 0.4) is 0 Å². The van der Waals surface area contributed by atoms with Crippen molar-refractivity contribution in [1.29, 1.82) is 0 Å². The third-order valence-electron chi connectivity index (χ3n) is 2.61. The van der Waals surface area contributed by atoms with E-state index in [0.29, 0.717) is 24.1 Å². The van der Waals surface area contributed by atoms with E-state index in [1.54, 1.807) is 11.8 Å². The number of aliphatic imine (C=N–C) groups is 1. The molecule has 2 nitrogen and oxygen atoms in total. The van der Waals surface area contributed by atoms with Crippen LogP contribution in [-0.4, -0.2) is 29.7 Å². The van der Waals surface area contributed by atoms with Gasteiger partial charge in [-0.05, 0) is 25.2 Å². The van der Waals surface area contributed by atoms with Gasteiger partial charge in [0.2, 0.25) is 0 Å². The van der Waals surface area contributed by atoms with Gasteiger partial charge in [0, 0.05) is 18.2 Å². The lowest BCUT2D eigenvalue weighted by Gasteiger charge is -2.11. The molecule has 1 unspecified atom stereocenters. The lowest BCUT2D eigenvalue weighted by molar-refractivity contribution is -0.135. The van der Waals surface area contributed by atoms with Crippen molar-refractivity contribution >= 4 is 16.9 Å². The van der Waals surface area contributed by atoms with Gasteiger partial charge < -0.3 is 5.32 Å². The molecule has 0 aromatic carbocycles. The van der Waals surface area contributed by atoms with Crippen molar-refractivity contribution in [3.05, 3.63) is 0 Å². The summed E-state index contributed by atoms with van der Waals surface area (Å²) in [6, 6.07) is 0. The van der Waals surface area contributed by atoms with E-state index in [4.69, 9.17) is 0 Å². The van der Waals surface area contributed by atoms with E-state index >= 15 is 0 Å². The minimum atomic E-state index is -4.03. The average Bonchev–Trinajstić information content (AvgIpc) is 2.62. The fraction of sp³-hybridized carbons (Fsp3) is 0.917. The molecule has 1 rings (SSSR count). The molecule has 0 aromatic rings. The summed E-state index contributed by atoms with van der Waals surface area (Å²) in [6.45, 7) is 5.77. The second-order valence-corrected chi connectivity index (χ2v) is 6.30. The molecule has 0 radical (unpaired) electrons. The summed E-state index contributed by atoms with van der Waals surface area (Å²) < 4.78 is 35.7. The van der Waals surface area contributed by atoms with Crippen molar-refractivity contribution in [2.75, 3.05) is 13.1 Å². The number of rotatable bonds is 6. The second-order valence-electron chi connectivity index (χ2n) is 5.01. The van der Waals surface area contributed by atoms with Gasteiger partial charge in [0.15, 0.2) is 5.17 Å². The van der Waals surface area contributed by atoms with E-state index < -0.39 is 12.6 Å². The molecule has 106 valence electrons. The fourth-order valence-corrected chi connectivity index (χ4v) is 3.09. The van der Waals surface area contributed by atoms with Crippen molar-refractivity contribution in [3.63, 3.8) is 0 Å². The quantitative estimate of drug-likeness (QED) is 0.749. The van der Waals surface area contributed by atoms with Crippen LogP contribution in [0.2, 0.25) is 0 Å². The molecule has 1 atom stereocenters. The molecular weight excluding hydrogens is 261 g/mol.